The number of halogens is 1. The van der Waals surface area contributed by atoms with E-state index in [1.54, 1.807) is 13.3 Å². The predicted octanol–water partition coefficient (Wildman–Crippen LogP) is 5.71. The molecule has 0 radical (unpaired) electrons. The van der Waals surface area contributed by atoms with Crippen LogP contribution in [0.1, 0.15) is 71.6 Å². The second-order valence-electron chi connectivity index (χ2n) is 11.1. The number of hydrogen-bond donors (Lipinski definition) is 2. The van der Waals surface area contributed by atoms with Crippen LogP contribution in [-0.4, -0.2) is 61.4 Å². The number of carbonyl (C=O) groups is 2. The van der Waals surface area contributed by atoms with Gasteiger partial charge in [-0.15, -0.1) is 0 Å². The van der Waals surface area contributed by atoms with Crippen molar-refractivity contribution in [3.05, 3.63) is 34.9 Å². The molecule has 2 aliphatic rings. The third kappa shape index (κ3) is 6.99. The van der Waals surface area contributed by atoms with Gasteiger partial charge in [0.25, 0.3) is 5.91 Å². The molecule has 230 valence electrons. The Morgan fingerprint density at radius 3 is 2.62 bits per heavy atom. The predicted molar refractivity (Wildman–Crippen MR) is 166 cm³/mol. The van der Waals surface area contributed by atoms with Crippen molar-refractivity contribution in [3.63, 3.8) is 0 Å². The number of nitrogens with zero attached hydrogens (tertiary/aromatic N) is 3. The standard InChI is InChI=1S/C31H44BrN5O5/c1-5-7-8-9-10-12-21(6-2)28(39)42-29-31(15-17-33-18-16-31)25(35-22-13-11-14-23(19-22)40-3)27(38)37(29)30-34-20-24(32)26(36-30)41-4/h11,13-14,19-21,25,29,33,35H,5-10,12,15-18H2,1-4H3. The molecule has 2 saturated heterocycles. The zero-order chi connectivity index (χ0) is 30.1. The average Bonchev–Trinajstić information content (AvgIpc) is 3.21. The van der Waals surface area contributed by atoms with Crippen LogP contribution < -0.4 is 25.0 Å². The second-order valence-corrected chi connectivity index (χ2v) is 12.0. The zero-order valence-corrected chi connectivity index (χ0v) is 26.7. The van der Waals surface area contributed by atoms with Gasteiger partial charge in [0, 0.05) is 11.8 Å². The van der Waals surface area contributed by atoms with Crippen molar-refractivity contribution in [1.29, 1.82) is 0 Å². The number of unbranched alkanes of at least 4 members (excludes halogenated alkanes) is 4. The highest BCUT2D eigenvalue weighted by atomic mass is 79.9. The lowest BCUT2D eigenvalue weighted by atomic mass is 9.73. The number of nitrogens with one attached hydrogen (secondary N) is 2. The Bertz CT molecular complexity index is 1210. The van der Waals surface area contributed by atoms with Gasteiger partial charge in [0.2, 0.25) is 11.8 Å². The number of carbonyl (C=O) groups excluding carboxylic acids is 2. The van der Waals surface area contributed by atoms with Gasteiger partial charge in [-0.3, -0.25) is 9.59 Å². The Kier molecular flexibility index (Phi) is 11.4. The van der Waals surface area contributed by atoms with Crippen LogP contribution in [0.15, 0.2) is 34.9 Å². The van der Waals surface area contributed by atoms with E-state index in [0.29, 0.717) is 48.5 Å². The fraction of sp³-hybridized carbons (Fsp3) is 0.613. The van der Waals surface area contributed by atoms with Crippen LogP contribution >= 0.6 is 15.9 Å². The molecule has 0 bridgehead atoms. The first-order chi connectivity index (χ1) is 20.4. The molecule has 1 aromatic heterocycles. The number of esters is 1. The molecule has 2 aromatic rings. The molecule has 10 nitrogen and oxygen atoms in total. The number of amides is 1. The third-order valence-corrected chi connectivity index (χ3v) is 9.06. The molecule has 1 amide bonds. The Morgan fingerprint density at radius 1 is 1.17 bits per heavy atom. The first-order valence-electron chi connectivity index (χ1n) is 15.1. The normalized spacial score (nSPS) is 20.4. The minimum absolute atomic E-state index is 0.137. The van der Waals surface area contributed by atoms with E-state index in [-0.39, 0.29) is 23.7 Å². The summed E-state index contributed by atoms with van der Waals surface area (Å²) in [7, 11) is 3.12. The Morgan fingerprint density at radius 2 is 1.93 bits per heavy atom. The number of anilines is 2. The van der Waals surface area contributed by atoms with E-state index in [9.17, 15) is 9.59 Å². The third-order valence-electron chi connectivity index (χ3n) is 8.52. The van der Waals surface area contributed by atoms with E-state index >= 15 is 0 Å². The van der Waals surface area contributed by atoms with E-state index in [0.717, 1.165) is 24.9 Å². The molecular weight excluding hydrogens is 602 g/mol. The molecule has 0 saturated carbocycles. The second kappa shape index (κ2) is 15.0. The summed E-state index contributed by atoms with van der Waals surface area (Å²) in [4.78, 5) is 38.7. The Balaban J connectivity index is 1.71. The minimum Gasteiger partial charge on any atom is -0.497 e. The van der Waals surface area contributed by atoms with Gasteiger partial charge >= 0.3 is 5.97 Å². The Labute approximate surface area is 257 Å². The number of benzene rings is 1. The van der Waals surface area contributed by atoms with Crippen LogP contribution in [0.4, 0.5) is 11.6 Å². The summed E-state index contributed by atoms with van der Waals surface area (Å²) in [6.45, 7) is 5.58. The molecule has 42 heavy (non-hydrogen) atoms. The fourth-order valence-electron chi connectivity index (χ4n) is 6.08. The van der Waals surface area contributed by atoms with Crippen molar-refractivity contribution >= 4 is 39.4 Å². The highest BCUT2D eigenvalue weighted by Crippen LogP contribution is 2.48. The van der Waals surface area contributed by atoms with Crippen molar-refractivity contribution < 1.29 is 23.8 Å². The molecule has 2 N–H and O–H groups in total. The van der Waals surface area contributed by atoms with Gasteiger partial charge in [-0.2, -0.15) is 4.98 Å². The fourth-order valence-corrected chi connectivity index (χ4v) is 6.43. The van der Waals surface area contributed by atoms with Crippen molar-refractivity contribution in [2.75, 3.05) is 37.5 Å². The van der Waals surface area contributed by atoms with Gasteiger partial charge in [-0.25, -0.2) is 9.88 Å². The summed E-state index contributed by atoms with van der Waals surface area (Å²) in [6.07, 6.45) is 8.97. The van der Waals surface area contributed by atoms with E-state index in [1.807, 2.05) is 31.2 Å². The maximum absolute atomic E-state index is 14.4. The molecule has 3 unspecified atom stereocenters. The Hall–Kier alpha value is -2.92. The van der Waals surface area contributed by atoms with Gasteiger partial charge in [0.05, 0.1) is 36.2 Å². The summed E-state index contributed by atoms with van der Waals surface area (Å²) in [5.41, 5.74) is 0.0230. The van der Waals surface area contributed by atoms with E-state index in [4.69, 9.17) is 14.2 Å². The highest BCUT2D eigenvalue weighted by molar-refractivity contribution is 9.10. The summed E-state index contributed by atoms with van der Waals surface area (Å²) >= 11 is 3.41. The summed E-state index contributed by atoms with van der Waals surface area (Å²) < 4.78 is 17.8. The number of rotatable bonds is 14. The van der Waals surface area contributed by atoms with Crippen molar-refractivity contribution in [1.82, 2.24) is 15.3 Å². The number of methoxy groups -OCH3 is 2. The van der Waals surface area contributed by atoms with Gasteiger partial charge < -0.3 is 24.8 Å². The van der Waals surface area contributed by atoms with Crippen LogP contribution in [0.2, 0.25) is 0 Å². The SMILES string of the molecule is CCCCCCCC(CC)C(=O)OC1N(c2ncc(Br)c(OC)n2)C(=O)C(Nc2cccc(OC)c2)C12CCNCC2. The number of ether oxygens (including phenoxy) is 3. The maximum atomic E-state index is 14.4. The highest BCUT2D eigenvalue weighted by Gasteiger charge is 2.62. The van der Waals surface area contributed by atoms with Gasteiger partial charge in [0.1, 0.15) is 11.8 Å². The molecule has 3 heterocycles. The van der Waals surface area contributed by atoms with Gasteiger partial charge in [-0.1, -0.05) is 52.0 Å². The van der Waals surface area contributed by atoms with Crippen LogP contribution in [0, 0.1) is 11.3 Å². The molecule has 3 atom stereocenters. The molecular formula is C31H44BrN5O5. The number of piperidine rings is 1. The molecule has 0 aliphatic carbocycles. The largest absolute Gasteiger partial charge is 0.497 e. The van der Waals surface area contributed by atoms with E-state index in [2.05, 4.69) is 43.5 Å². The van der Waals surface area contributed by atoms with Crippen LogP contribution in [0.25, 0.3) is 0 Å². The first kappa shape index (κ1) is 32.0. The topological polar surface area (TPSA) is 115 Å². The van der Waals surface area contributed by atoms with Crippen molar-refractivity contribution in [2.24, 2.45) is 11.3 Å². The lowest BCUT2D eigenvalue weighted by Crippen LogP contribution is -2.53. The first-order valence-corrected chi connectivity index (χ1v) is 15.9. The lowest BCUT2D eigenvalue weighted by molar-refractivity contribution is -0.161. The summed E-state index contributed by atoms with van der Waals surface area (Å²) in [5.74, 6) is 0.330. The average molecular weight is 647 g/mol. The van der Waals surface area contributed by atoms with Gasteiger partial charge in [-0.05, 0) is 66.8 Å². The van der Waals surface area contributed by atoms with Crippen LogP contribution in [0.3, 0.4) is 0 Å². The van der Waals surface area contributed by atoms with Crippen molar-refractivity contribution in [3.8, 4) is 11.6 Å². The molecule has 1 spiro atoms. The smallest absolute Gasteiger partial charge is 0.310 e. The van der Waals surface area contributed by atoms with Crippen LogP contribution in [-0.2, 0) is 14.3 Å². The zero-order valence-electron chi connectivity index (χ0n) is 25.2. The molecule has 11 heteroatoms. The monoisotopic (exact) mass is 645 g/mol. The molecule has 1 aromatic carbocycles. The quantitative estimate of drug-likeness (QED) is 0.197. The summed E-state index contributed by atoms with van der Waals surface area (Å²) in [5, 5.41) is 6.89. The lowest BCUT2D eigenvalue weighted by Gasteiger charge is -2.42. The minimum atomic E-state index is -0.886. The van der Waals surface area contributed by atoms with Crippen molar-refractivity contribution in [2.45, 2.75) is 83.9 Å². The number of aromatic nitrogens is 2. The molecule has 4 rings (SSSR count). The molecule has 2 aliphatic heterocycles. The van der Waals surface area contributed by atoms with Gasteiger partial charge in [0.15, 0.2) is 6.23 Å². The maximum Gasteiger partial charge on any atom is 0.310 e. The van der Waals surface area contributed by atoms with Crippen LogP contribution in [0.5, 0.6) is 11.6 Å². The number of hydrogen-bond acceptors (Lipinski definition) is 9. The molecule has 2 fully saturated rings. The van der Waals surface area contributed by atoms with E-state index in [1.165, 1.54) is 31.3 Å². The van der Waals surface area contributed by atoms with E-state index < -0.39 is 17.7 Å². The summed E-state index contributed by atoms with van der Waals surface area (Å²) in [6, 6.07) is 6.81.